The summed E-state index contributed by atoms with van der Waals surface area (Å²) < 4.78 is 13.8. The molecule has 0 spiro atoms. The first-order valence-corrected chi connectivity index (χ1v) is 7.19. The Bertz CT molecular complexity index is 641. The Kier molecular flexibility index (Phi) is 5.09. The van der Waals surface area contributed by atoms with Crippen molar-refractivity contribution in [2.45, 2.75) is 13.5 Å². The fourth-order valence-corrected chi connectivity index (χ4v) is 2.18. The van der Waals surface area contributed by atoms with Crippen LogP contribution in [0.1, 0.15) is 22.8 Å². The lowest BCUT2D eigenvalue weighted by Crippen LogP contribution is -2.24. The molecule has 0 N–H and O–H groups in total. The zero-order chi connectivity index (χ0) is 16.1. The first-order valence-electron chi connectivity index (χ1n) is 7.19. The van der Waals surface area contributed by atoms with Gasteiger partial charge < -0.3 is 9.80 Å². The Balaban J connectivity index is 2.15. The quantitative estimate of drug-likeness (QED) is 0.852. The van der Waals surface area contributed by atoms with Crippen molar-refractivity contribution in [2.75, 3.05) is 25.5 Å². The van der Waals surface area contributed by atoms with E-state index in [4.69, 9.17) is 0 Å². The fourth-order valence-electron chi connectivity index (χ4n) is 2.18. The molecule has 2 aromatic rings. The van der Waals surface area contributed by atoms with Crippen LogP contribution in [0.15, 0.2) is 42.6 Å². The number of amides is 1. The smallest absolute Gasteiger partial charge is 0.253 e. The maximum atomic E-state index is 13.8. The molecule has 2 rings (SSSR count). The number of pyridine rings is 1. The number of carbonyl (C=O) groups excluding carboxylic acids is 1. The van der Waals surface area contributed by atoms with Crippen LogP contribution >= 0.6 is 0 Å². The van der Waals surface area contributed by atoms with E-state index in [0.29, 0.717) is 24.5 Å². The number of aromatic nitrogens is 1. The van der Waals surface area contributed by atoms with Gasteiger partial charge in [0.25, 0.3) is 5.91 Å². The number of rotatable bonds is 5. The van der Waals surface area contributed by atoms with Crippen molar-refractivity contribution >= 4 is 11.7 Å². The molecule has 0 atom stereocenters. The summed E-state index contributed by atoms with van der Waals surface area (Å²) in [5.41, 5.74) is 1.64. The zero-order valence-electron chi connectivity index (χ0n) is 13.1. The van der Waals surface area contributed by atoms with Gasteiger partial charge in [0.05, 0.1) is 0 Å². The molecule has 0 saturated heterocycles. The van der Waals surface area contributed by atoms with Crippen molar-refractivity contribution in [3.05, 3.63) is 59.5 Å². The highest BCUT2D eigenvalue weighted by molar-refractivity contribution is 5.93. The highest BCUT2D eigenvalue weighted by atomic mass is 19.1. The Morgan fingerprint density at radius 3 is 2.41 bits per heavy atom. The molecule has 1 amide bonds. The Hall–Kier alpha value is -2.43. The average molecular weight is 301 g/mol. The Morgan fingerprint density at radius 1 is 1.18 bits per heavy atom. The molecule has 116 valence electrons. The standard InChI is InChI=1S/C17H20FN3O/c1-4-21(16-15(18)6-5-11-19-16)12-13-7-9-14(10-8-13)17(22)20(2)3/h5-11H,4,12H2,1-3H3. The van der Waals surface area contributed by atoms with Gasteiger partial charge in [0, 0.05) is 38.9 Å². The van der Waals surface area contributed by atoms with Crippen LogP contribution < -0.4 is 4.90 Å². The first kappa shape index (κ1) is 15.9. The Labute approximate surface area is 130 Å². The summed E-state index contributed by atoms with van der Waals surface area (Å²) >= 11 is 0. The molecule has 22 heavy (non-hydrogen) atoms. The third kappa shape index (κ3) is 3.61. The molecule has 0 radical (unpaired) electrons. The lowest BCUT2D eigenvalue weighted by Gasteiger charge is -2.22. The lowest BCUT2D eigenvalue weighted by atomic mass is 10.1. The molecular formula is C17H20FN3O. The summed E-state index contributed by atoms with van der Waals surface area (Å²) in [6.45, 7) is 3.14. The zero-order valence-corrected chi connectivity index (χ0v) is 13.1. The summed E-state index contributed by atoms with van der Waals surface area (Å²) in [6, 6.07) is 10.3. The molecule has 0 saturated carbocycles. The van der Waals surface area contributed by atoms with Crippen molar-refractivity contribution < 1.29 is 9.18 Å². The van der Waals surface area contributed by atoms with Crippen molar-refractivity contribution in [1.82, 2.24) is 9.88 Å². The van der Waals surface area contributed by atoms with Crippen molar-refractivity contribution in [3.63, 3.8) is 0 Å². The molecule has 0 unspecified atom stereocenters. The normalized spacial score (nSPS) is 10.4. The van der Waals surface area contributed by atoms with Crippen molar-refractivity contribution in [1.29, 1.82) is 0 Å². The highest BCUT2D eigenvalue weighted by Gasteiger charge is 2.12. The number of nitrogens with zero attached hydrogens (tertiary/aromatic N) is 3. The molecular weight excluding hydrogens is 281 g/mol. The number of hydrogen-bond donors (Lipinski definition) is 0. The second-order valence-electron chi connectivity index (χ2n) is 5.22. The van der Waals surface area contributed by atoms with Gasteiger partial charge in [0.15, 0.2) is 11.6 Å². The van der Waals surface area contributed by atoms with Crippen LogP contribution in [0.3, 0.4) is 0 Å². The number of benzene rings is 1. The van der Waals surface area contributed by atoms with Gasteiger partial charge in [0.2, 0.25) is 0 Å². The second-order valence-corrected chi connectivity index (χ2v) is 5.22. The summed E-state index contributed by atoms with van der Waals surface area (Å²) in [6.07, 6.45) is 1.58. The number of carbonyl (C=O) groups is 1. The van der Waals surface area contributed by atoms with E-state index in [1.165, 1.54) is 11.0 Å². The minimum Gasteiger partial charge on any atom is -0.350 e. The van der Waals surface area contributed by atoms with Gasteiger partial charge in [-0.05, 0) is 36.8 Å². The van der Waals surface area contributed by atoms with Gasteiger partial charge in [-0.2, -0.15) is 0 Å². The predicted octanol–water partition coefficient (Wildman–Crippen LogP) is 2.95. The second kappa shape index (κ2) is 7.02. The molecule has 1 aromatic carbocycles. The summed E-state index contributed by atoms with van der Waals surface area (Å²) in [5.74, 6) is -0.0168. The van der Waals surface area contributed by atoms with E-state index in [1.807, 2.05) is 24.0 Å². The van der Waals surface area contributed by atoms with Gasteiger partial charge in [0.1, 0.15) is 0 Å². The van der Waals surface area contributed by atoms with Gasteiger partial charge >= 0.3 is 0 Å². The van der Waals surface area contributed by atoms with Crippen LogP contribution in [0.5, 0.6) is 0 Å². The molecule has 5 heteroatoms. The molecule has 0 bridgehead atoms. The van der Waals surface area contributed by atoms with E-state index in [-0.39, 0.29) is 11.7 Å². The molecule has 0 aliphatic rings. The maximum Gasteiger partial charge on any atom is 0.253 e. The molecule has 1 aromatic heterocycles. The van der Waals surface area contributed by atoms with E-state index >= 15 is 0 Å². The molecule has 4 nitrogen and oxygen atoms in total. The third-order valence-electron chi connectivity index (χ3n) is 3.40. The van der Waals surface area contributed by atoms with Crippen LogP contribution in [0, 0.1) is 5.82 Å². The number of anilines is 1. The topological polar surface area (TPSA) is 36.4 Å². The predicted molar refractivity (Wildman–Crippen MR) is 85.4 cm³/mol. The van der Waals surface area contributed by atoms with E-state index in [0.717, 1.165) is 5.56 Å². The molecule has 0 aliphatic carbocycles. The van der Waals surface area contributed by atoms with Crippen molar-refractivity contribution in [3.8, 4) is 0 Å². The largest absolute Gasteiger partial charge is 0.350 e. The van der Waals surface area contributed by atoms with Crippen LogP contribution in [0.2, 0.25) is 0 Å². The third-order valence-corrected chi connectivity index (χ3v) is 3.40. The molecule has 0 aliphatic heterocycles. The van der Waals surface area contributed by atoms with E-state index < -0.39 is 0 Å². The van der Waals surface area contributed by atoms with Crippen LogP contribution in [-0.2, 0) is 6.54 Å². The van der Waals surface area contributed by atoms with E-state index in [9.17, 15) is 9.18 Å². The minimum atomic E-state index is -0.330. The van der Waals surface area contributed by atoms with E-state index in [1.54, 1.807) is 38.5 Å². The molecule has 0 fully saturated rings. The summed E-state index contributed by atoms with van der Waals surface area (Å²) in [4.78, 5) is 19.4. The Morgan fingerprint density at radius 2 is 1.86 bits per heavy atom. The maximum absolute atomic E-state index is 13.8. The van der Waals surface area contributed by atoms with Crippen molar-refractivity contribution in [2.24, 2.45) is 0 Å². The van der Waals surface area contributed by atoms with Gasteiger partial charge in [-0.1, -0.05) is 12.1 Å². The first-order chi connectivity index (χ1) is 10.5. The summed E-state index contributed by atoms with van der Waals surface area (Å²) in [7, 11) is 3.44. The van der Waals surface area contributed by atoms with Crippen LogP contribution in [-0.4, -0.2) is 36.4 Å². The highest BCUT2D eigenvalue weighted by Crippen LogP contribution is 2.18. The van der Waals surface area contributed by atoms with Crippen LogP contribution in [0.25, 0.3) is 0 Å². The van der Waals surface area contributed by atoms with Gasteiger partial charge in [-0.15, -0.1) is 0 Å². The monoisotopic (exact) mass is 301 g/mol. The minimum absolute atomic E-state index is 0.0327. The SMILES string of the molecule is CCN(Cc1ccc(C(=O)N(C)C)cc1)c1ncccc1F. The summed E-state index contributed by atoms with van der Waals surface area (Å²) in [5, 5.41) is 0. The lowest BCUT2D eigenvalue weighted by molar-refractivity contribution is 0.0827. The van der Waals surface area contributed by atoms with Gasteiger partial charge in [-0.3, -0.25) is 4.79 Å². The van der Waals surface area contributed by atoms with E-state index in [2.05, 4.69) is 4.98 Å². The number of halogens is 1. The van der Waals surface area contributed by atoms with Gasteiger partial charge in [-0.25, -0.2) is 9.37 Å². The van der Waals surface area contributed by atoms with Crippen LogP contribution in [0.4, 0.5) is 10.2 Å². The fraction of sp³-hybridized carbons (Fsp3) is 0.294. The molecule has 1 heterocycles. The number of hydrogen-bond acceptors (Lipinski definition) is 3. The average Bonchev–Trinajstić information content (AvgIpc) is 2.53.